The fourth-order valence-electron chi connectivity index (χ4n) is 3.73. The number of nitrogens with zero attached hydrogens (tertiary/aromatic N) is 1. The molecule has 1 N–H and O–H groups in total. The van der Waals surface area contributed by atoms with Crippen LogP contribution in [0.3, 0.4) is 0 Å². The Kier molecular flexibility index (Phi) is 5.21. The number of carbonyl (C=O) groups is 1. The zero-order chi connectivity index (χ0) is 16.2. The van der Waals surface area contributed by atoms with Gasteiger partial charge in [-0.1, -0.05) is 13.0 Å². The van der Waals surface area contributed by atoms with Crippen LogP contribution in [0.2, 0.25) is 0 Å². The van der Waals surface area contributed by atoms with E-state index < -0.39 is 0 Å². The number of hydrogen-bond acceptors (Lipinski definition) is 3. The van der Waals surface area contributed by atoms with Crippen LogP contribution in [0.4, 0.5) is 0 Å². The molecule has 1 heterocycles. The smallest absolute Gasteiger partial charge is 0.224 e. The fraction of sp³-hybridized carbons (Fsp3) is 0.632. The first-order valence-corrected chi connectivity index (χ1v) is 8.99. The highest BCUT2D eigenvalue weighted by atomic mass is 16.5. The Morgan fingerprint density at radius 3 is 2.78 bits per heavy atom. The molecule has 126 valence electrons. The number of amides is 1. The summed E-state index contributed by atoms with van der Waals surface area (Å²) in [5.41, 5.74) is 4.15. The van der Waals surface area contributed by atoms with E-state index in [1.807, 2.05) is 11.8 Å². The molecule has 0 aromatic heterocycles. The van der Waals surface area contributed by atoms with Gasteiger partial charge in [0.15, 0.2) is 0 Å². The van der Waals surface area contributed by atoms with Gasteiger partial charge >= 0.3 is 0 Å². The first-order chi connectivity index (χ1) is 11.2. The summed E-state index contributed by atoms with van der Waals surface area (Å²) in [6.07, 6.45) is 5.25. The molecule has 1 fully saturated rings. The van der Waals surface area contributed by atoms with Crippen molar-refractivity contribution < 1.29 is 9.53 Å². The predicted molar refractivity (Wildman–Crippen MR) is 91.8 cm³/mol. The number of hydrogen-bond donors (Lipinski definition) is 1. The first-order valence-electron chi connectivity index (χ1n) is 8.99. The Hall–Kier alpha value is -1.55. The lowest BCUT2D eigenvalue weighted by molar-refractivity contribution is -0.127. The molecule has 4 heteroatoms. The van der Waals surface area contributed by atoms with Crippen LogP contribution < -0.4 is 10.1 Å². The molecule has 1 aliphatic carbocycles. The largest absolute Gasteiger partial charge is 0.494 e. The fourth-order valence-corrected chi connectivity index (χ4v) is 3.73. The molecule has 1 unspecified atom stereocenters. The van der Waals surface area contributed by atoms with Gasteiger partial charge in [-0.25, -0.2) is 0 Å². The summed E-state index contributed by atoms with van der Waals surface area (Å²) < 4.78 is 5.84. The molecule has 23 heavy (non-hydrogen) atoms. The molecule has 0 spiro atoms. The number of ether oxygens (including phenoxy) is 1. The normalized spacial score (nSPS) is 20.2. The van der Waals surface area contributed by atoms with E-state index in [1.54, 1.807) is 0 Å². The summed E-state index contributed by atoms with van der Waals surface area (Å²) in [7, 11) is 0. The number of benzene rings is 1. The van der Waals surface area contributed by atoms with Gasteiger partial charge < -0.3 is 15.0 Å². The molecular formula is C19H28N2O2. The molecule has 2 aliphatic rings. The Morgan fingerprint density at radius 1 is 1.26 bits per heavy atom. The zero-order valence-electron chi connectivity index (χ0n) is 14.4. The number of nitrogens with one attached hydrogen (secondary N) is 1. The lowest BCUT2D eigenvalue weighted by atomic mass is 10.0. The second-order valence-electron chi connectivity index (χ2n) is 6.64. The summed E-state index contributed by atoms with van der Waals surface area (Å²) in [4.78, 5) is 13.9. The average Bonchev–Trinajstić information content (AvgIpc) is 3.12. The van der Waals surface area contributed by atoms with Crippen LogP contribution in [0.5, 0.6) is 5.75 Å². The first kappa shape index (κ1) is 16.3. The van der Waals surface area contributed by atoms with Crippen LogP contribution in [0, 0.1) is 0 Å². The van der Waals surface area contributed by atoms with Crippen molar-refractivity contribution in [1.82, 2.24) is 10.2 Å². The second kappa shape index (κ2) is 7.35. The van der Waals surface area contributed by atoms with Gasteiger partial charge in [0.2, 0.25) is 5.91 Å². The van der Waals surface area contributed by atoms with E-state index in [-0.39, 0.29) is 11.9 Å². The Bertz CT molecular complexity index is 571. The van der Waals surface area contributed by atoms with Crippen LogP contribution in [-0.4, -0.2) is 36.5 Å². The molecule has 0 bridgehead atoms. The minimum Gasteiger partial charge on any atom is -0.494 e. The zero-order valence-corrected chi connectivity index (χ0v) is 14.4. The minimum absolute atomic E-state index is 0.261. The van der Waals surface area contributed by atoms with Crippen molar-refractivity contribution in [2.45, 2.75) is 58.5 Å². The van der Waals surface area contributed by atoms with Crippen molar-refractivity contribution in [3.63, 3.8) is 0 Å². The summed E-state index contributed by atoms with van der Waals surface area (Å²) in [5, 5.41) is 3.56. The van der Waals surface area contributed by atoms with E-state index in [4.69, 9.17) is 4.74 Å². The Balaban J connectivity index is 1.65. The van der Waals surface area contributed by atoms with Gasteiger partial charge in [-0.15, -0.1) is 0 Å². The molecule has 1 aromatic rings. The van der Waals surface area contributed by atoms with Gasteiger partial charge in [-0.3, -0.25) is 4.79 Å². The summed E-state index contributed by atoms with van der Waals surface area (Å²) in [6.45, 7) is 7.33. The molecule has 1 amide bonds. The highest BCUT2D eigenvalue weighted by Crippen LogP contribution is 2.30. The van der Waals surface area contributed by atoms with E-state index in [2.05, 4.69) is 24.4 Å². The van der Waals surface area contributed by atoms with Gasteiger partial charge in [0, 0.05) is 37.7 Å². The Morgan fingerprint density at radius 2 is 2.04 bits per heavy atom. The van der Waals surface area contributed by atoms with Gasteiger partial charge in [0.25, 0.3) is 0 Å². The predicted octanol–water partition coefficient (Wildman–Crippen LogP) is 2.67. The van der Waals surface area contributed by atoms with Crippen LogP contribution in [0.1, 0.15) is 49.8 Å². The number of likely N-dealkylation sites (tertiary alicyclic amines) is 1. The van der Waals surface area contributed by atoms with Gasteiger partial charge in [0.05, 0.1) is 6.61 Å². The van der Waals surface area contributed by atoms with Crippen molar-refractivity contribution in [2.75, 3.05) is 19.7 Å². The molecule has 4 nitrogen and oxygen atoms in total. The van der Waals surface area contributed by atoms with Crippen molar-refractivity contribution in [3.8, 4) is 5.75 Å². The van der Waals surface area contributed by atoms with E-state index in [1.165, 1.54) is 36.0 Å². The number of fused-ring (bicyclic) bond motifs is 1. The molecule has 1 saturated heterocycles. The third kappa shape index (κ3) is 3.69. The maximum absolute atomic E-state index is 12.0. The highest BCUT2D eigenvalue weighted by molar-refractivity contribution is 5.79. The van der Waals surface area contributed by atoms with Crippen molar-refractivity contribution >= 4 is 5.91 Å². The summed E-state index contributed by atoms with van der Waals surface area (Å²) >= 11 is 0. The molecule has 1 aromatic carbocycles. The lowest BCUT2D eigenvalue weighted by Gasteiger charge is -2.18. The van der Waals surface area contributed by atoms with Crippen LogP contribution >= 0.6 is 0 Å². The number of rotatable bonds is 7. The minimum atomic E-state index is 0.261. The van der Waals surface area contributed by atoms with E-state index in [0.717, 1.165) is 31.8 Å². The SMILES string of the molecule is CCCN1CC(NCc2cc3c(cc2OCC)CCC3)CC1=O. The topological polar surface area (TPSA) is 41.6 Å². The third-order valence-corrected chi connectivity index (χ3v) is 4.86. The van der Waals surface area contributed by atoms with Crippen LogP contribution in [0.25, 0.3) is 0 Å². The molecule has 1 aliphatic heterocycles. The monoisotopic (exact) mass is 316 g/mol. The standard InChI is InChI=1S/C19H28N2O2/c1-3-8-21-13-17(11-19(21)22)20-12-16-9-14-6-5-7-15(14)10-18(16)23-4-2/h9-10,17,20H,3-8,11-13H2,1-2H3. The number of carbonyl (C=O) groups excluding carboxylic acids is 1. The highest BCUT2D eigenvalue weighted by Gasteiger charge is 2.28. The average molecular weight is 316 g/mol. The van der Waals surface area contributed by atoms with E-state index in [0.29, 0.717) is 13.0 Å². The molecule has 3 rings (SSSR count). The third-order valence-electron chi connectivity index (χ3n) is 4.86. The molecule has 1 atom stereocenters. The van der Waals surface area contributed by atoms with Crippen molar-refractivity contribution in [3.05, 3.63) is 28.8 Å². The van der Waals surface area contributed by atoms with Gasteiger partial charge in [-0.2, -0.15) is 0 Å². The molecule has 0 saturated carbocycles. The summed E-state index contributed by atoms with van der Waals surface area (Å²) in [5.74, 6) is 1.29. The molecule has 0 radical (unpaired) electrons. The number of aryl methyl sites for hydroxylation is 2. The Labute approximate surface area is 139 Å². The maximum Gasteiger partial charge on any atom is 0.224 e. The van der Waals surface area contributed by atoms with Crippen LogP contribution in [0.15, 0.2) is 12.1 Å². The van der Waals surface area contributed by atoms with Crippen molar-refractivity contribution in [1.29, 1.82) is 0 Å². The van der Waals surface area contributed by atoms with Crippen LogP contribution in [-0.2, 0) is 24.2 Å². The van der Waals surface area contributed by atoms with E-state index >= 15 is 0 Å². The second-order valence-corrected chi connectivity index (χ2v) is 6.64. The van der Waals surface area contributed by atoms with Gasteiger partial charge in [0.1, 0.15) is 5.75 Å². The summed E-state index contributed by atoms with van der Waals surface area (Å²) in [6, 6.07) is 4.80. The quantitative estimate of drug-likeness (QED) is 0.841. The molecular weight excluding hydrogens is 288 g/mol. The maximum atomic E-state index is 12.0. The van der Waals surface area contributed by atoms with Crippen molar-refractivity contribution in [2.24, 2.45) is 0 Å². The van der Waals surface area contributed by atoms with Gasteiger partial charge in [-0.05, 0) is 49.8 Å². The lowest BCUT2D eigenvalue weighted by Crippen LogP contribution is -2.32. The van der Waals surface area contributed by atoms with E-state index in [9.17, 15) is 4.79 Å².